The molecule has 0 aliphatic heterocycles. The highest BCUT2D eigenvalue weighted by molar-refractivity contribution is 9.10. The Labute approximate surface area is 146 Å². The third-order valence-electron chi connectivity index (χ3n) is 3.50. The number of hydrogen-bond donors (Lipinski definition) is 2. The van der Waals surface area contributed by atoms with Crippen molar-refractivity contribution in [1.82, 2.24) is 0 Å². The van der Waals surface area contributed by atoms with E-state index in [1.54, 1.807) is 0 Å². The lowest BCUT2D eigenvalue weighted by Crippen LogP contribution is -2.14. The second-order valence-corrected chi connectivity index (χ2v) is 6.95. The predicted molar refractivity (Wildman–Crippen MR) is 101 cm³/mol. The van der Waals surface area contributed by atoms with Crippen molar-refractivity contribution in [3.8, 4) is 0 Å². The third kappa shape index (κ3) is 6.45. The molecule has 0 heterocycles. The zero-order valence-electron chi connectivity index (χ0n) is 13.6. The van der Waals surface area contributed by atoms with Crippen molar-refractivity contribution in [2.24, 2.45) is 5.92 Å². The lowest BCUT2D eigenvalue weighted by Gasteiger charge is -2.10. The van der Waals surface area contributed by atoms with E-state index in [1.165, 1.54) is 0 Å². The average molecular weight is 375 g/mol. The van der Waals surface area contributed by atoms with Gasteiger partial charge in [-0.3, -0.25) is 4.79 Å². The van der Waals surface area contributed by atoms with Crippen LogP contribution < -0.4 is 10.6 Å². The van der Waals surface area contributed by atoms with E-state index in [9.17, 15) is 4.79 Å². The largest absolute Gasteiger partial charge is 0.385 e. The van der Waals surface area contributed by atoms with Crippen LogP contribution in [0.2, 0.25) is 0 Å². The van der Waals surface area contributed by atoms with Crippen LogP contribution in [0.4, 0.5) is 11.4 Å². The smallest absolute Gasteiger partial charge is 0.228 e. The minimum Gasteiger partial charge on any atom is -0.385 e. The fourth-order valence-corrected chi connectivity index (χ4v) is 2.43. The first-order valence-corrected chi connectivity index (χ1v) is 8.70. The molecule has 0 radical (unpaired) electrons. The van der Waals surface area contributed by atoms with Gasteiger partial charge in [-0.1, -0.05) is 41.9 Å². The molecule has 2 N–H and O–H groups in total. The topological polar surface area (TPSA) is 41.1 Å². The summed E-state index contributed by atoms with van der Waals surface area (Å²) in [6.45, 7) is 5.39. The van der Waals surface area contributed by atoms with Crippen molar-refractivity contribution in [3.63, 3.8) is 0 Å². The van der Waals surface area contributed by atoms with Gasteiger partial charge < -0.3 is 10.6 Å². The van der Waals surface area contributed by atoms with Crippen molar-refractivity contribution in [3.05, 3.63) is 58.6 Å². The van der Waals surface area contributed by atoms with Crippen molar-refractivity contribution in [2.45, 2.75) is 26.7 Å². The quantitative estimate of drug-likeness (QED) is 0.708. The summed E-state index contributed by atoms with van der Waals surface area (Å²) in [6, 6.07) is 15.6. The standard InChI is InChI=1S/C19H23BrN2O/c1-14(2)11-12-21-17-7-9-18(10-8-17)22-19(23)13-15-3-5-16(20)6-4-15/h3-10,14,21H,11-13H2,1-2H3,(H,22,23). The molecule has 2 aromatic carbocycles. The molecule has 0 bridgehead atoms. The molecule has 0 spiro atoms. The number of carbonyl (C=O) groups is 1. The maximum absolute atomic E-state index is 12.1. The summed E-state index contributed by atoms with van der Waals surface area (Å²) >= 11 is 3.39. The SMILES string of the molecule is CC(C)CCNc1ccc(NC(=O)Cc2ccc(Br)cc2)cc1. The van der Waals surface area contributed by atoms with Crippen molar-refractivity contribution in [1.29, 1.82) is 0 Å². The van der Waals surface area contributed by atoms with E-state index in [1.807, 2.05) is 48.5 Å². The number of amides is 1. The monoisotopic (exact) mass is 374 g/mol. The highest BCUT2D eigenvalue weighted by atomic mass is 79.9. The molecule has 23 heavy (non-hydrogen) atoms. The van der Waals surface area contributed by atoms with Gasteiger partial charge in [-0.25, -0.2) is 0 Å². The highest BCUT2D eigenvalue weighted by Crippen LogP contribution is 2.15. The molecular weight excluding hydrogens is 352 g/mol. The summed E-state index contributed by atoms with van der Waals surface area (Å²) in [5.41, 5.74) is 2.90. The Hall–Kier alpha value is -1.81. The molecule has 4 heteroatoms. The molecule has 0 aliphatic carbocycles. The molecule has 3 nitrogen and oxygen atoms in total. The van der Waals surface area contributed by atoms with Crippen LogP contribution in [0.3, 0.4) is 0 Å². The zero-order valence-corrected chi connectivity index (χ0v) is 15.2. The maximum atomic E-state index is 12.1. The maximum Gasteiger partial charge on any atom is 0.228 e. The van der Waals surface area contributed by atoms with Gasteiger partial charge in [0.25, 0.3) is 0 Å². The number of benzene rings is 2. The number of carbonyl (C=O) groups excluding carboxylic acids is 1. The Morgan fingerprint density at radius 2 is 1.61 bits per heavy atom. The van der Waals surface area contributed by atoms with E-state index in [-0.39, 0.29) is 5.91 Å². The summed E-state index contributed by atoms with van der Waals surface area (Å²) in [5, 5.41) is 6.31. The Morgan fingerprint density at radius 1 is 1.00 bits per heavy atom. The molecule has 0 fully saturated rings. The van der Waals surface area contributed by atoms with Gasteiger partial charge in [0.1, 0.15) is 0 Å². The summed E-state index contributed by atoms with van der Waals surface area (Å²) < 4.78 is 1.02. The van der Waals surface area contributed by atoms with E-state index in [0.717, 1.165) is 34.4 Å². The molecular formula is C19H23BrN2O. The number of rotatable bonds is 7. The van der Waals surface area contributed by atoms with Crippen molar-refractivity contribution in [2.75, 3.05) is 17.2 Å². The minimum absolute atomic E-state index is 0.00663. The summed E-state index contributed by atoms with van der Waals surface area (Å²) in [4.78, 5) is 12.1. The number of anilines is 2. The van der Waals surface area contributed by atoms with Gasteiger partial charge in [-0.05, 0) is 54.3 Å². The molecule has 1 amide bonds. The Morgan fingerprint density at radius 3 is 2.22 bits per heavy atom. The predicted octanol–water partition coefficient (Wildman–Crippen LogP) is 5.09. The molecule has 0 aromatic heterocycles. The van der Waals surface area contributed by atoms with Crippen LogP contribution in [0.5, 0.6) is 0 Å². The van der Waals surface area contributed by atoms with Gasteiger partial charge in [0.05, 0.1) is 6.42 Å². The van der Waals surface area contributed by atoms with E-state index in [0.29, 0.717) is 12.3 Å². The molecule has 0 atom stereocenters. The first-order chi connectivity index (χ1) is 11.0. The Balaban J connectivity index is 1.82. The molecule has 0 unspecified atom stereocenters. The van der Waals surface area contributed by atoms with Crippen LogP contribution in [-0.4, -0.2) is 12.5 Å². The lowest BCUT2D eigenvalue weighted by atomic mass is 10.1. The van der Waals surface area contributed by atoms with Crippen LogP contribution in [0.15, 0.2) is 53.0 Å². The van der Waals surface area contributed by atoms with E-state index in [2.05, 4.69) is 40.4 Å². The summed E-state index contributed by atoms with van der Waals surface area (Å²) in [5.74, 6) is 0.688. The first-order valence-electron chi connectivity index (χ1n) is 7.91. The molecule has 122 valence electrons. The van der Waals surface area contributed by atoms with Gasteiger partial charge in [0.2, 0.25) is 5.91 Å². The average Bonchev–Trinajstić information content (AvgIpc) is 2.51. The normalized spacial score (nSPS) is 10.6. The zero-order chi connectivity index (χ0) is 16.7. The van der Waals surface area contributed by atoms with Gasteiger partial charge >= 0.3 is 0 Å². The Bertz CT molecular complexity index is 621. The van der Waals surface area contributed by atoms with Crippen LogP contribution in [-0.2, 0) is 11.2 Å². The van der Waals surface area contributed by atoms with Crippen molar-refractivity contribution < 1.29 is 4.79 Å². The second-order valence-electron chi connectivity index (χ2n) is 6.04. The third-order valence-corrected chi connectivity index (χ3v) is 4.03. The number of halogens is 1. The van der Waals surface area contributed by atoms with Crippen LogP contribution in [0, 0.1) is 5.92 Å². The summed E-state index contributed by atoms with van der Waals surface area (Å²) in [6.07, 6.45) is 1.52. The van der Waals surface area contributed by atoms with Crippen LogP contribution >= 0.6 is 15.9 Å². The Kier molecular flexibility index (Phi) is 6.66. The number of hydrogen-bond acceptors (Lipinski definition) is 2. The van der Waals surface area contributed by atoms with E-state index >= 15 is 0 Å². The van der Waals surface area contributed by atoms with E-state index < -0.39 is 0 Å². The summed E-state index contributed by atoms with van der Waals surface area (Å²) in [7, 11) is 0. The van der Waals surface area contributed by atoms with Crippen LogP contribution in [0.1, 0.15) is 25.8 Å². The van der Waals surface area contributed by atoms with Crippen LogP contribution in [0.25, 0.3) is 0 Å². The fraction of sp³-hybridized carbons (Fsp3) is 0.316. The molecule has 2 rings (SSSR count). The van der Waals surface area contributed by atoms with Crippen molar-refractivity contribution >= 4 is 33.2 Å². The number of nitrogens with one attached hydrogen (secondary N) is 2. The van der Waals surface area contributed by atoms with Gasteiger partial charge in [-0.2, -0.15) is 0 Å². The molecule has 0 aliphatic rings. The molecule has 0 saturated heterocycles. The van der Waals surface area contributed by atoms with Gasteiger partial charge in [0, 0.05) is 22.4 Å². The highest BCUT2D eigenvalue weighted by Gasteiger charge is 2.04. The van der Waals surface area contributed by atoms with Gasteiger partial charge in [0.15, 0.2) is 0 Å². The first kappa shape index (κ1) is 17.5. The van der Waals surface area contributed by atoms with Gasteiger partial charge in [-0.15, -0.1) is 0 Å². The minimum atomic E-state index is -0.00663. The molecule has 0 saturated carbocycles. The second kappa shape index (κ2) is 8.73. The fourth-order valence-electron chi connectivity index (χ4n) is 2.17. The van der Waals surface area contributed by atoms with E-state index in [4.69, 9.17) is 0 Å². The lowest BCUT2D eigenvalue weighted by molar-refractivity contribution is -0.115. The molecule has 2 aromatic rings.